The lowest BCUT2D eigenvalue weighted by atomic mass is 10.1. The van der Waals surface area contributed by atoms with Crippen LogP contribution in [-0.2, 0) is 17.8 Å². The lowest BCUT2D eigenvalue weighted by Gasteiger charge is -2.11. The van der Waals surface area contributed by atoms with Crippen LogP contribution in [0.25, 0.3) is 0 Å². The van der Waals surface area contributed by atoms with E-state index in [1.54, 1.807) is 0 Å². The van der Waals surface area contributed by atoms with E-state index in [0.29, 0.717) is 31.3 Å². The molecule has 1 aliphatic rings. The maximum absolute atomic E-state index is 10.8. The Kier molecular flexibility index (Phi) is 3.19. The lowest BCUT2D eigenvalue weighted by molar-refractivity contribution is -0.141. The van der Waals surface area contributed by atoms with Crippen LogP contribution in [0.2, 0.25) is 0 Å². The summed E-state index contributed by atoms with van der Waals surface area (Å²) >= 11 is 0. The van der Waals surface area contributed by atoms with Gasteiger partial charge in [0.05, 0.1) is 12.5 Å². The van der Waals surface area contributed by atoms with E-state index in [1.807, 2.05) is 11.8 Å². The van der Waals surface area contributed by atoms with Crippen molar-refractivity contribution in [2.75, 3.05) is 13.1 Å². The summed E-state index contributed by atoms with van der Waals surface area (Å²) < 4.78 is 5.38. The number of hydrogen-bond donors (Lipinski definition) is 1. The molecule has 6 heteroatoms. The Balaban J connectivity index is 1.89. The minimum Gasteiger partial charge on any atom is -0.481 e. The van der Waals surface area contributed by atoms with Gasteiger partial charge in [-0.1, -0.05) is 6.92 Å². The second-order valence-corrected chi connectivity index (χ2v) is 4.00. The van der Waals surface area contributed by atoms with Crippen molar-refractivity contribution in [3.8, 4) is 0 Å². The van der Waals surface area contributed by atoms with Crippen LogP contribution in [0.3, 0.4) is 0 Å². The highest BCUT2D eigenvalue weighted by Crippen LogP contribution is 2.18. The summed E-state index contributed by atoms with van der Waals surface area (Å²) in [5.74, 6) is 0.225. The molecule has 1 unspecified atom stereocenters. The molecule has 0 spiro atoms. The topological polar surface area (TPSA) is 79.5 Å². The van der Waals surface area contributed by atoms with E-state index in [1.165, 1.54) is 0 Å². The number of hydrogen-bond acceptors (Lipinski definition) is 5. The number of nitrogens with zero attached hydrogens (tertiary/aromatic N) is 3. The van der Waals surface area contributed by atoms with Gasteiger partial charge in [-0.25, -0.2) is 0 Å². The molecular weight excluding hydrogens is 210 g/mol. The Morgan fingerprint density at radius 3 is 2.88 bits per heavy atom. The minimum absolute atomic E-state index is 0.256. The summed E-state index contributed by atoms with van der Waals surface area (Å²) in [4.78, 5) is 12.8. The molecule has 1 fully saturated rings. The van der Waals surface area contributed by atoms with Gasteiger partial charge in [-0.05, 0) is 13.0 Å². The quantitative estimate of drug-likeness (QED) is 0.805. The Hall–Kier alpha value is -1.43. The molecule has 1 aromatic heterocycles. The molecule has 2 rings (SSSR count). The molecule has 2 heterocycles. The fourth-order valence-corrected chi connectivity index (χ4v) is 1.86. The van der Waals surface area contributed by atoms with Gasteiger partial charge in [0.25, 0.3) is 0 Å². The number of carboxylic acid groups (broad SMARTS) is 1. The molecule has 6 nitrogen and oxygen atoms in total. The summed E-state index contributed by atoms with van der Waals surface area (Å²) in [6, 6.07) is 0. The third-order valence-corrected chi connectivity index (χ3v) is 2.79. The van der Waals surface area contributed by atoms with Gasteiger partial charge >= 0.3 is 5.97 Å². The van der Waals surface area contributed by atoms with Gasteiger partial charge < -0.3 is 9.52 Å². The molecule has 0 aromatic carbocycles. The first kappa shape index (κ1) is 11.1. The predicted octanol–water partition coefficient (Wildman–Crippen LogP) is 0.539. The van der Waals surface area contributed by atoms with Crippen molar-refractivity contribution in [2.45, 2.75) is 26.3 Å². The molecule has 1 aromatic rings. The number of aromatic nitrogens is 2. The number of aryl methyl sites for hydroxylation is 1. The zero-order valence-electron chi connectivity index (χ0n) is 9.22. The summed E-state index contributed by atoms with van der Waals surface area (Å²) in [5.41, 5.74) is 0. The Labute approximate surface area is 93.3 Å². The van der Waals surface area contributed by atoms with E-state index in [2.05, 4.69) is 10.2 Å². The number of rotatable bonds is 4. The van der Waals surface area contributed by atoms with E-state index in [9.17, 15) is 4.79 Å². The summed E-state index contributed by atoms with van der Waals surface area (Å²) in [6.07, 6.45) is 1.43. The van der Waals surface area contributed by atoms with Crippen LogP contribution >= 0.6 is 0 Å². The molecule has 0 aliphatic carbocycles. The van der Waals surface area contributed by atoms with Crippen molar-refractivity contribution in [1.82, 2.24) is 15.1 Å². The number of carbonyl (C=O) groups is 1. The molecule has 0 amide bonds. The second kappa shape index (κ2) is 4.61. The monoisotopic (exact) mass is 225 g/mol. The maximum atomic E-state index is 10.8. The molecule has 1 atom stereocenters. The minimum atomic E-state index is -0.720. The lowest BCUT2D eigenvalue weighted by Crippen LogP contribution is -2.22. The van der Waals surface area contributed by atoms with Crippen molar-refractivity contribution in [1.29, 1.82) is 0 Å². The molecular formula is C10H15N3O3. The molecule has 16 heavy (non-hydrogen) atoms. The van der Waals surface area contributed by atoms with Crippen LogP contribution in [0.4, 0.5) is 0 Å². The van der Waals surface area contributed by atoms with Gasteiger partial charge in [0.1, 0.15) is 0 Å². The molecule has 0 saturated carbocycles. The van der Waals surface area contributed by atoms with Gasteiger partial charge in [-0.2, -0.15) is 0 Å². The fourth-order valence-electron chi connectivity index (χ4n) is 1.86. The Morgan fingerprint density at radius 2 is 2.31 bits per heavy atom. The predicted molar refractivity (Wildman–Crippen MR) is 54.7 cm³/mol. The highest BCUT2D eigenvalue weighted by atomic mass is 16.4. The van der Waals surface area contributed by atoms with Gasteiger partial charge in [0, 0.05) is 13.0 Å². The number of carboxylic acids is 1. The molecule has 1 N–H and O–H groups in total. The van der Waals surface area contributed by atoms with Gasteiger partial charge in [-0.15, -0.1) is 10.2 Å². The van der Waals surface area contributed by atoms with Crippen LogP contribution in [0.5, 0.6) is 0 Å². The third-order valence-electron chi connectivity index (χ3n) is 2.79. The maximum Gasteiger partial charge on any atom is 0.307 e. The number of likely N-dealkylation sites (tertiary alicyclic amines) is 1. The average molecular weight is 225 g/mol. The number of aliphatic carboxylic acids is 1. The normalized spacial score (nSPS) is 21.4. The van der Waals surface area contributed by atoms with Gasteiger partial charge in [0.2, 0.25) is 11.8 Å². The van der Waals surface area contributed by atoms with Gasteiger partial charge in [-0.3, -0.25) is 9.69 Å². The third kappa shape index (κ3) is 2.38. The van der Waals surface area contributed by atoms with E-state index >= 15 is 0 Å². The van der Waals surface area contributed by atoms with Crippen molar-refractivity contribution >= 4 is 5.97 Å². The molecule has 1 aliphatic heterocycles. The SMILES string of the molecule is CCc1nnc(CN2CCC(C(=O)O)C2)o1. The van der Waals surface area contributed by atoms with Crippen LogP contribution in [0, 0.1) is 5.92 Å². The highest BCUT2D eigenvalue weighted by molar-refractivity contribution is 5.70. The summed E-state index contributed by atoms with van der Waals surface area (Å²) in [7, 11) is 0. The van der Waals surface area contributed by atoms with Crippen LogP contribution in [0.15, 0.2) is 4.42 Å². The van der Waals surface area contributed by atoms with E-state index < -0.39 is 5.97 Å². The fraction of sp³-hybridized carbons (Fsp3) is 0.700. The van der Waals surface area contributed by atoms with Crippen LogP contribution in [-0.4, -0.2) is 39.3 Å². The van der Waals surface area contributed by atoms with Crippen molar-refractivity contribution in [3.05, 3.63) is 11.8 Å². The van der Waals surface area contributed by atoms with Crippen molar-refractivity contribution < 1.29 is 14.3 Å². The standard InChI is InChI=1S/C10H15N3O3/c1-2-8-11-12-9(16-8)6-13-4-3-7(5-13)10(14)15/h7H,2-6H2,1H3,(H,14,15). The molecule has 1 saturated heterocycles. The zero-order chi connectivity index (χ0) is 11.5. The van der Waals surface area contributed by atoms with Crippen molar-refractivity contribution in [2.24, 2.45) is 5.92 Å². The Bertz CT molecular complexity index is 377. The van der Waals surface area contributed by atoms with Crippen LogP contribution in [0.1, 0.15) is 25.1 Å². The van der Waals surface area contributed by atoms with Gasteiger partial charge in [0.15, 0.2) is 0 Å². The van der Waals surface area contributed by atoms with Crippen molar-refractivity contribution in [3.63, 3.8) is 0 Å². The van der Waals surface area contributed by atoms with E-state index in [-0.39, 0.29) is 5.92 Å². The first-order valence-electron chi connectivity index (χ1n) is 5.45. The summed E-state index contributed by atoms with van der Waals surface area (Å²) in [6.45, 7) is 3.85. The second-order valence-electron chi connectivity index (χ2n) is 4.00. The highest BCUT2D eigenvalue weighted by Gasteiger charge is 2.28. The van der Waals surface area contributed by atoms with Crippen LogP contribution < -0.4 is 0 Å². The average Bonchev–Trinajstić information content (AvgIpc) is 2.87. The molecule has 0 radical (unpaired) electrons. The largest absolute Gasteiger partial charge is 0.481 e. The molecule has 0 bridgehead atoms. The van der Waals surface area contributed by atoms with E-state index in [4.69, 9.17) is 9.52 Å². The molecule has 88 valence electrons. The first-order valence-corrected chi connectivity index (χ1v) is 5.45. The zero-order valence-corrected chi connectivity index (χ0v) is 9.22. The summed E-state index contributed by atoms with van der Waals surface area (Å²) in [5, 5.41) is 16.6. The van der Waals surface area contributed by atoms with E-state index in [0.717, 1.165) is 13.0 Å². The Morgan fingerprint density at radius 1 is 1.56 bits per heavy atom. The first-order chi connectivity index (χ1) is 7.69. The smallest absolute Gasteiger partial charge is 0.307 e.